The van der Waals surface area contributed by atoms with E-state index in [0.29, 0.717) is 0 Å². The van der Waals surface area contributed by atoms with Crippen molar-refractivity contribution in [3.8, 4) is 0 Å². The minimum Gasteiger partial charge on any atom is -0.480 e. The Labute approximate surface area is 153 Å². The maximum atomic E-state index is 12.1. The number of hydrogen-bond acceptors (Lipinski definition) is 8. The van der Waals surface area contributed by atoms with Gasteiger partial charge in [-0.05, 0) is 6.42 Å². The van der Waals surface area contributed by atoms with Gasteiger partial charge in [-0.3, -0.25) is 18.9 Å². The Kier molecular flexibility index (Phi) is 10.6. The molecule has 0 saturated carbocycles. The van der Waals surface area contributed by atoms with Gasteiger partial charge in [-0.15, -0.1) is 0 Å². The van der Waals surface area contributed by atoms with Crippen molar-refractivity contribution in [3.63, 3.8) is 0 Å². The molecule has 14 heteroatoms. The summed E-state index contributed by atoms with van der Waals surface area (Å²) in [5, 5.41) is 19.6. The van der Waals surface area contributed by atoms with Crippen molar-refractivity contribution in [3.05, 3.63) is 0 Å². The first-order valence-electron chi connectivity index (χ1n) is 7.21. The van der Waals surface area contributed by atoms with Gasteiger partial charge < -0.3 is 31.1 Å². The molecular formula is C12H21N2O10PS. The molecule has 12 nitrogen and oxygen atoms in total. The molecular weight excluding hydrogens is 395 g/mol. The molecule has 7 N–H and O–H groups in total. The summed E-state index contributed by atoms with van der Waals surface area (Å²) in [5.74, 6) is -5.92. The molecule has 0 bridgehead atoms. The number of carboxylic acid groups (broad SMARTS) is 2. The lowest BCUT2D eigenvalue weighted by molar-refractivity contribution is -0.142. The summed E-state index contributed by atoms with van der Waals surface area (Å²) in [5.41, 5.74) is 5.26. The van der Waals surface area contributed by atoms with E-state index in [4.69, 9.17) is 25.7 Å². The van der Waals surface area contributed by atoms with Crippen molar-refractivity contribution in [1.29, 1.82) is 0 Å². The number of rotatable bonds is 13. The van der Waals surface area contributed by atoms with Crippen molar-refractivity contribution in [1.82, 2.24) is 5.32 Å². The number of ketones is 1. The minimum absolute atomic E-state index is 0.198. The highest BCUT2D eigenvalue weighted by Crippen LogP contribution is 2.36. The minimum atomic E-state index is -4.93. The van der Waals surface area contributed by atoms with Gasteiger partial charge in [-0.1, -0.05) is 0 Å². The van der Waals surface area contributed by atoms with Gasteiger partial charge in [-0.25, -0.2) is 9.36 Å². The molecule has 0 heterocycles. The number of carboxylic acids is 2. The summed E-state index contributed by atoms with van der Waals surface area (Å²) in [6, 6.07) is -2.66. The summed E-state index contributed by atoms with van der Waals surface area (Å²) >= 11 is 3.75. The van der Waals surface area contributed by atoms with Crippen LogP contribution in [0.4, 0.5) is 0 Å². The molecule has 1 amide bonds. The lowest BCUT2D eigenvalue weighted by atomic mass is 9.98. The third-order valence-corrected chi connectivity index (χ3v) is 3.99. The van der Waals surface area contributed by atoms with E-state index >= 15 is 0 Å². The van der Waals surface area contributed by atoms with E-state index in [0.717, 1.165) is 0 Å². The van der Waals surface area contributed by atoms with Crippen LogP contribution in [0.1, 0.15) is 19.3 Å². The lowest BCUT2D eigenvalue weighted by Crippen LogP contribution is -2.46. The third-order valence-electron chi connectivity index (χ3n) is 3.14. The van der Waals surface area contributed by atoms with Crippen molar-refractivity contribution in [2.45, 2.75) is 31.3 Å². The highest BCUT2D eigenvalue weighted by molar-refractivity contribution is 7.80. The molecule has 26 heavy (non-hydrogen) atoms. The van der Waals surface area contributed by atoms with Crippen LogP contribution in [0.5, 0.6) is 0 Å². The number of hydrogen-bond donors (Lipinski definition) is 7. The molecule has 0 aliphatic rings. The van der Waals surface area contributed by atoms with Crippen LogP contribution in [0.25, 0.3) is 0 Å². The Morgan fingerprint density at radius 3 is 2.15 bits per heavy atom. The molecule has 0 unspecified atom stereocenters. The largest absolute Gasteiger partial charge is 0.480 e. The number of phosphoric acid groups is 1. The average Bonchev–Trinajstić information content (AvgIpc) is 2.52. The average molecular weight is 416 g/mol. The second kappa shape index (κ2) is 11.3. The number of carbonyl (C=O) groups excluding carboxylic acids is 2. The van der Waals surface area contributed by atoms with Crippen LogP contribution in [0, 0.1) is 5.92 Å². The molecule has 0 saturated heterocycles. The van der Waals surface area contributed by atoms with Crippen LogP contribution >= 0.6 is 20.5 Å². The molecule has 0 rings (SSSR count). The molecule has 0 spiro atoms. The topological polar surface area (TPSA) is 214 Å². The quantitative estimate of drug-likeness (QED) is 0.133. The predicted molar refractivity (Wildman–Crippen MR) is 89.4 cm³/mol. The fourth-order valence-electron chi connectivity index (χ4n) is 1.71. The van der Waals surface area contributed by atoms with Crippen LogP contribution in [-0.2, 0) is 28.3 Å². The lowest BCUT2D eigenvalue weighted by Gasteiger charge is -2.19. The van der Waals surface area contributed by atoms with Crippen LogP contribution in [-0.4, -0.2) is 68.1 Å². The van der Waals surface area contributed by atoms with Crippen LogP contribution in [0.15, 0.2) is 0 Å². The smallest absolute Gasteiger partial charge is 0.469 e. The van der Waals surface area contributed by atoms with E-state index in [1.54, 1.807) is 0 Å². The maximum absolute atomic E-state index is 12.1. The Morgan fingerprint density at radius 2 is 1.73 bits per heavy atom. The highest BCUT2D eigenvalue weighted by atomic mass is 32.1. The second-order valence-electron chi connectivity index (χ2n) is 5.29. The van der Waals surface area contributed by atoms with Crippen LogP contribution < -0.4 is 11.1 Å². The standard InChI is InChI=1S/C12H21N2O10PS/c13-8(11(17)18)2-1-7(15)3-6(4-24-25(21,22)23)10(16)14-9(5-26)12(19)20/h6,8-9,26H,1-5,13H2,(H,14,16)(H,17,18)(H,19,20)(H2,21,22,23)/t6-,8-,9-/m0/s1. The van der Waals surface area contributed by atoms with E-state index in [2.05, 4.69) is 22.5 Å². The van der Waals surface area contributed by atoms with E-state index in [1.807, 2.05) is 0 Å². The Balaban J connectivity index is 4.95. The van der Waals surface area contributed by atoms with Gasteiger partial charge in [0.1, 0.15) is 17.9 Å². The van der Waals surface area contributed by atoms with E-state index in [-0.39, 0.29) is 18.6 Å². The first-order valence-corrected chi connectivity index (χ1v) is 9.37. The first kappa shape index (κ1) is 24.5. The molecule has 150 valence electrons. The van der Waals surface area contributed by atoms with Gasteiger partial charge in [-0.2, -0.15) is 12.6 Å². The van der Waals surface area contributed by atoms with Gasteiger partial charge in [0.25, 0.3) is 0 Å². The van der Waals surface area contributed by atoms with Gasteiger partial charge in [0.15, 0.2) is 0 Å². The molecule has 3 atom stereocenters. The van der Waals surface area contributed by atoms with Gasteiger partial charge in [0, 0.05) is 18.6 Å². The highest BCUT2D eigenvalue weighted by Gasteiger charge is 2.29. The number of nitrogens with two attached hydrogens (primary N) is 1. The molecule has 0 aromatic rings. The summed E-state index contributed by atoms with van der Waals surface area (Å²) in [7, 11) is -4.93. The third kappa shape index (κ3) is 10.5. The monoisotopic (exact) mass is 416 g/mol. The number of phosphoric ester groups is 1. The number of Topliss-reactive ketones (excluding diaryl/α,β-unsaturated/α-hetero) is 1. The zero-order valence-corrected chi connectivity index (χ0v) is 15.3. The van der Waals surface area contributed by atoms with Gasteiger partial charge in [0.05, 0.1) is 12.5 Å². The molecule has 0 aromatic heterocycles. The van der Waals surface area contributed by atoms with Gasteiger partial charge >= 0.3 is 19.8 Å². The predicted octanol–water partition coefficient (Wildman–Crippen LogP) is -1.64. The van der Waals surface area contributed by atoms with E-state index in [1.165, 1.54) is 0 Å². The second-order valence-corrected chi connectivity index (χ2v) is 6.90. The molecule has 0 aromatic carbocycles. The SMILES string of the molecule is N[C@@H](CCC(=O)C[C@@H](COP(=O)(O)O)C(=O)N[C@@H](CS)C(=O)O)C(=O)O. The zero-order chi connectivity index (χ0) is 20.5. The Bertz CT molecular complexity index is 580. The molecule has 0 fully saturated rings. The Hall–Kier alpha value is -1.50. The van der Waals surface area contributed by atoms with E-state index < -0.39 is 62.5 Å². The number of amides is 1. The summed E-state index contributed by atoms with van der Waals surface area (Å²) in [6.07, 6.45) is -1.03. The summed E-state index contributed by atoms with van der Waals surface area (Å²) in [6.45, 7) is -0.842. The molecule has 0 radical (unpaired) electrons. The van der Waals surface area contributed by atoms with Crippen LogP contribution in [0.2, 0.25) is 0 Å². The van der Waals surface area contributed by atoms with Gasteiger partial charge in [0.2, 0.25) is 5.91 Å². The molecule has 0 aliphatic heterocycles. The van der Waals surface area contributed by atoms with Crippen molar-refractivity contribution < 1.29 is 48.3 Å². The van der Waals surface area contributed by atoms with Crippen molar-refractivity contribution in [2.24, 2.45) is 11.7 Å². The Morgan fingerprint density at radius 1 is 1.15 bits per heavy atom. The summed E-state index contributed by atoms with van der Waals surface area (Å²) < 4.78 is 15.0. The maximum Gasteiger partial charge on any atom is 0.469 e. The van der Waals surface area contributed by atoms with Crippen molar-refractivity contribution in [2.75, 3.05) is 12.4 Å². The number of carbonyl (C=O) groups is 4. The number of thiol groups is 1. The van der Waals surface area contributed by atoms with Crippen LogP contribution in [0.3, 0.4) is 0 Å². The van der Waals surface area contributed by atoms with Crippen molar-refractivity contribution >= 4 is 44.1 Å². The zero-order valence-electron chi connectivity index (χ0n) is 13.5. The first-order chi connectivity index (χ1) is 11.9. The fraction of sp³-hybridized carbons (Fsp3) is 0.667. The molecule has 0 aliphatic carbocycles. The number of nitrogens with one attached hydrogen (secondary N) is 1. The normalized spacial score (nSPS) is 14.9. The number of aliphatic carboxylic acids is 2. The van der Waals surface area contributed by atoms with E-state index in [9.17, 15) is 23.7 Å². The summed E-state index contributed by atoms with van der Waals surface area (Å²) in [4.78, 5) is 62.9. The fourth-order valence-corrected chi connectivity index (χ4v) is 2.33.